The van der Waals surface area contributed by atoms with Gasteiger partial charge in [-0.1, -0.05) is 6.07 Å². The monoisotopic (exact) mass is 281 g/mol. The normalized spacial score (nSPS) is 11.8. The Morgan fingerprint density at radius 3 is 2.70 bits per heavy atom. The number of methoxy groups -OCH3 is 2. The molecule has 5 heteroatoms. The summed E-state index contributed by atoms with van der Waals surface area (Å²) in [5, 5.41) is 11.7. The molecule has 0 saturated carbocycles. The summed E-state index contributed by atoms with van der Waals surface area (Å²) in [6.45, 7) is 2.07. The number of amides is 1. The van der Waals surface area contributed by atoms with Crippen LogP contribution < -0.4 is 14.8 Å². The highest BCUT2D eigenvalue weighted by molar-refractivity contribution is 5.79. The van der Waals surface area contributed by atoms with E-state index in [1.807, 2.05) is 13.0 Å². The Balaban J connectivity index is 2.61. The van der Waals surface area contributed by atoms with E-state index in [9.17, 15) is 4.79 Å². The molecule has 0 aliphatic heterocycles. The van der Waals surface area contributed by atoms with E-state index in [2.05, 4.69) is 5.32 Å². The Labute approximate surface area is 119 Å². The first-order valence-corrected chi connectivity index (χ1v) is 6.71. The summed E-state index contributed by atoms with van der Waals surface area (Å²) in [6, 6.07) is 5.45. The third kappa shape index (κ3) is 5.09. The van der Waals surface area contributed by atoms with E-state index >= 15 is 0 Å². The zero-order valence-corrected chi connectivity index (χ0v) is 12.3. The van der Waals surface area contributed by atoms with Gasteiger partial charge in [0.1, 0.15) is 11.5 Å². The molecule has 1 atom stereocenters. The standard InChI is InChI=1S/C15H23NO4/c1-11(5-4-8-17)16-15(18)9-12-6-7-13(19-2)10-14(12)20-3/h6-7,10-11,17H,4-5,8-9H2,1-3H3,(H,16,18). The first-order valence-electron chi connectivity index (χ1n) is 6.71. The Kier molecular flexibility index (Phi) is 6.87. The Hall–Kier alpha value is -1.75. The summed E-state index contributed by atoms with van der Waals surface area (Å²) in [5.41, 5.74) is 0.820. The molecule has 1 amide bonds. The van der Waals surface area contributed by atoms with Crippen LogP contribution in [0.15, 0.2) is 18.2 Å². The minimum absolute atomic E-state index is 0.0545. The largest absolute Gasteiger partial charge is 0.497 e. The van der Waals surface area contributed by atoms with Gasteiger partial charge in [0, 0.05) is 24.3 Å². The topological polar surface area (TPSA) is 67.8 Å². The van der Waals surface area contributed by atoms with Crippen molar-refractivity contribution >= 4 is 5.91 Å². The van der Waals surface area contributed by atoms with E-state index in [0.29, 0.717) is 17.9 Å². The minimum Gasteiger partial charge on any atom is -0.497 e. The first-order chi connectivity index (χ1) is 9.60. The van der Waals surface area contributed by atoms with Crippen LogP contribution in [0.2, 0.25) is 0 Å². The lowest BCUT2D eigenvalue weighted by Gasteiger charge is -2.14. The van der Waals surface area contributed by atoms with Crippen LogP contribution in [-0.4, -0.2) is 37.9 Å². The van der Waals surface area contributed by atoms with E-state index in [-0.39, 0.29) is 25.0 Å². The maximum absolute atomic E-state index is 11.9. The summed E-state index contributed by atoms with van der Waals surface area (Å²) in [6.07, 6.45) is 1.71. The van der Waals surface area contributed by atoms with Crippen molar-refractivity contribution in [2.45, 2.75) is 32.2 Å². The molecule has 0 fully saturated rings. The lowest BCUT2D eigenvalue weighted by molar-refractivity contribution is -0.121. The minimum atomic E-state index is -0.0566. The number of hydrogen-bond acceptors (Lipinski definition) is 4. The molecule has 20 heavy (non-hydrogen) atoms. The zero-order chi connectivity index (χ0) is 15.0. The molecule has 112 valence electrons. The number of ether oxygens (including phenoxy) is 2. The second-order valence-corrected chi connectivity index (χ2v) is 4.69. The quantitative estimate of drug-likeness (QED) is 0.758. The Bertz CT molecular complexity index is 434. The third-order valence-electron chi connectivity index (χ3n) is 3.05. The molecule has 1 rings (SSSR count). The van der Waals surface area contributed by atoms with Crippen LogP contribution in [0.3, 0.4) is 0 Å². The molecule has 0 saturated heterocycles. The zero-order valence-electron chi connectivity index (χ0n) is 12.3. The van der Waals surface area contributed by atoms with Gasteiger partial charge in [-0.15, -0.1) is 0 Å². The summed E-state index contributed by atoms with van der Waals surface area (Å²) in [4.78, 5) is 11.9. The van der Waals surface area contributed by atoms with Gasteiger partial charge in [0.25, 0.3) is 0 Å². The Morgan fingerprint density at radius 2 is 2.10 bits per heavy atom. The number of benzene rings is 1. The van der Waals surface area contributed by atoms with Gasteiger partial charge in [0.05, 0.1) is 20.6 Å². The second kappa shape index (κ2) is 8.43. The summed E-state index contributed by atoms with van der Waals surface area (Å²) in [5.74, 6) is 1.28. The maximum Gasteiger partial charge on any atom is 0.224 e. The van der Waals surface area contributed by atoms with Gasteiger partial charge in [-0.05, 0) is 25.8 Å². The van der Waals surface area contributed by atoms with Gasteiger partial charge in [-0.2, -0.15) is 0 Å². The summed E-state index contributed by atoms with van der Waals surface area (Å²) in [7, 11) is 3.16. The molecule has 0 heterocycles. The van der Waals surface area contributed by atoms with Crippen molar-refractivity contribution in [3.63, 3.8) is 0 Å². The highest BCUT2D eigenvalue weighted by Crippen LogP contribution is 2.24. The van der Waals surface area contributed by atoms with Crippen molar-refractivity contribution in [1.29, 1.82) is 0 Å². The molecule has 0 aliphatic carbocycles. The van der Waals surface area contributed by atoms with E-state index in [4.69, 9.17) is 14.6 Å². The highest BCUT2D eigenvalue weighted by atomic mass is 16.5. The van der Waals surface area contributed by atoms with Gasteiger partial charge in [0.2, 0.25) is 5.91 Å². The number of aliphatic hydroxyl groups is 1. The molecule has 5 nitrogen and oxygen atoms in total. The van der Waals surface area contributed by atoms with Crippen LogP contribution >= 0.6 is 0 Å². The molecule has 0 aliphatic rings. The predicted octanol–water partition coefficient (Wildman–Crippen LogP) is 1.52. The van der Waals surface area contributed by atoms with Crippen LogP contribution in [0.25, 0.3) is 0 Å². The van der Waals surface area contributed by atoms with Gasteiger partial charge in [-0.3, -0.25) is 4.79 Å². The predicted molar refractivity (Wildman–Crippen MR) is 77.2 cm³/mol. The summed E-state index contributed by atoms with van der Waals surface area (Å²) >= 11 is 0. The van der Waals surface area contributed by atoms with E-state index in [1.54, 1.807) is 26.4 Å². The fraction of sp³-hybridized carbons (Fsp3) is 0.533. The third-order valence-corrected chi connectivity index (χ3v) is 3.05. The van der Waals surface area contributed by atoms with Crippen molar-refractivity contribution in [3.05, 3.63) is 23.8 Å². The molecule has 0 spiro atoms. The molecule has 0 radical (unpaired) electrons. The molecule has 0 aromatic heterocycles. The molecule has 1 aromatic carbocycles. The lowest BCUT2D eigenvalue weighted by Crippen LogP contribution is -2.33. The average Bonchev–Trinajstić information content (AvgIpc) is 2.45. The van der Waals surface area contributed by atoms with Crippen LogP contribution in [0.1, 0.15) is 25.3 Å². The number of carbonyl (C=O) groups is 1. The molecule has 1 unspecified atom stereocenters. The van der Waals surface area contributed by atoms with Gasteiger partial charge in [0.15, 0.2) is 0 Å². The van der Waals surface area contributed by atoms with Crippen LogP contribution in [-0.2, 0) is 11.2 Å². The van der Waals surface area contributed by atoms with Crippen molar-refractivity contribution in [3.8, 4) is 11.5 Å². The van der Waals surface area contributed by atoms with Crippen LogP contribution in [0.5, 0.6) is 11.5 Å². The van der Waals surface area contributed by atoms with Crippen molar-refractivity contribution in [2.75, 3.05) is 20.8 Å². The van der Waals surface area contributed by atoms with Crippen LogP contribution in [0, 0.1) is 0 Å². The number of rotatable bonds is 8. The van der Waals surface area contributed by atoms with Crippen molar-refractivity contribution in [1.82, 2.24) is 5.32 Å². The van der Waals surface area contributed by atoms with E-state index in [1.165, 1.54) is 0 Å². The van der Waals surface area contributed by atoms with Gasteiger partial charge in [-0.25, -0.2) is 0 Å². The summed E-state index contributed by atoms with van der Waals surface area (Å²) < 4.78 is 10.4. The molecule has 1 aromatic rings. The molecular formula is C15H23NO4. The van der Waals surface area contributed by atoms with Crippen molar-refractivity contribution in [2.24, 2.45) is 0 Å². The smallest absolute Gasteiger partial charge is 0.224 e. The fourth-order valence-electron chi connectivity index (χ4n) is 1.97. The second-order valence-electron chi connectivity index (χ2n) is 4.69. The number of hydrogen-bond donors (Lipinski definition) is 2. The maximum atomic E-state index is 11.9. The highest BCUT2D eigenvalue weighted by Gasteiger charge is 2.12. The molecular weight excluding hydrogens is 258 g/mol. The van der Waals surface area contributed by atoms with Crippen LogP contribution in [0.4, 0.5) is 0 Å². The molecule has 2 N–H and O–H groups in total. The van der Waals surface area contributed by atoms with E-state index < -0.39 is 0 Å². The molecule has 0 bridgehead atoms. The number of carbonyl (C=O) groups excluding carboxylic acids is 1. The lowest BCUT2D eigenvalue weighted by atomic mass is 10.1. The fourth-order valence-corrected chi connectivity index (χ4v) is 1.97. The number of aliphatic hydroxyl groups excluding tert-OH is 1. The van der Waals surface area contributed by atoms with Gasteiger partial charge < -0.3 is 19.9 Å². The van der Waals surface area contributed by atoms with Gasteiger partial charge >= 0.3 is 0 Å². The SMILES string of the molecule is COc1ccc(CC(=O)NC(C)CCCO)c(OC)c1. The van der Waals surface area contributed by atoms with E-state index in [0.717, 1.165) is 12.0 Å². The first kappa shape index (κ1) is 16.3. The Morgan fingerprint density at radius 1 is 1.35 bits per heavy atom. The van der Waals surface area contributed by atoms with Crippen molar-refractivity contribution < 1.29 is 19.4 Å². The number of nitrogens with one attached hydrogen (secondary N) is 1. The average molecular weight is 281 g/mol.